The van der Waals surface area contributed by atoms with Crippen molar-refractivity contribution in [1.29, 1.82) is 0 Å². The van der Waals surface area contributed by atoms with E-state index in [0.29, 0.717) is 54.1 Å². The fourth-order valence-corrected chi connectivity index (χ4v) is 3.76. The first kappa shape index (κ1) is 20.9. The number of hydrogen-bond donors (Lipinski definition) is 2. The minimum Gasteiger partial charge on any atom is -0.482 e. The number of anilines is 2. The van der Waals surface area contributed by atoms with Gasteiger partial charge in [-0.2, -0.15) is 0 Å². The van der Waals surface area contributed by atoms with Crippen LogP contribution in [0.4, 0.5) is 11.4 Å². The monoisotopic (exact) mass is 417 g/mol. The lowest BCUT2D eigenvalue weighted by Crippen LogP contribution is -2.39. The van der Waals surface area contributed by atoms with Gasteiger partial charge in [0.2, 0.25) is 5.91 Å². The van der Waals surface area contributed by atoms with Gasteiger partial charge in [0.05, 0.1) is 16.4 Å². The predicted molar refractivity (Wildman–Crippen MR) is 112 cm³/mol. The Morgan fingerprint density at radius 1 is 1.28 bits per heavy atom. The summed E-state index contributed by atoms with van der Waals surface area (Å²) in [6, 6.07) is 3.22. The van der Waals surface area contributed by atoms with Gasteiger partial charge in [-0.05, 0) is 45.1 Å². The van der Waals surface area contributed by atoms with Gasteiger partial charge in [0.1, 0.15) is 5.75 Å². The molecule has 1 aromatic carbocycles. The Morgan fingerprint density at radius 2 is 2.00 bits per heavy atom. The lowest BCUT2D eigenvalue weighted by molar-refractivity contribution is -0.121. The SMILES string of the molecule is C/C=C/CCN1C(=O)COc2cc(Cl)c(NC(=O)C3=C(C(N)=O)CCCC3)cc21. The number of halogens is 1. The number of primary amides is 1. The molecule has 0 aromatic heterocycles. The Morgan fingerprint density at radius 3 is 2.69 bits per heavy atom. The summed E-state index contributed by atoms with van der Waals surface area (Å²) in [6.45, 7) is 2.36. The van der Waals surface area contributed by atoms with Crippen LogP contribution in [0.25, 0.3) is 0 Å². The molecule has 1 heterocycles. The zero-order chi connectivity index (χ0) is 21.0. The molecule has 3 rings (SSSR count). The van der Waals surface area contributed by atoms with Crippen LogP contribution >= 0.6 is 11.6 Å². The van der Waals surface area contributed by atoms with Gasteiger partial charge in [-0.15, -0.1) is 0 Å². The summed E-state index contributed by atoms with van der Waals surface area (Å²) >= 11 is 6.34. The van der Waals surface area contributed by atoms with Gasteiger partial charge in [0.15, 0.2) is 6.61 Å². The normalized spacial score (nSPS) is 16.6. The van der Waals surface area contributed by atoms with Crippen LogP contribution in [0.1, 0.15) is 39.0 Å². The van der Waals surface area contributed by atoms with Crippen molar-refractivity contribution >= 4 is 40.7 Å². The maximum absolute atomic E-state index is 12.8. The summed E-state index contributed by atoms with van der Waals surface area (Å²) in [6.07, 6.45) is 7.23. The summed E-state index contributed by atoms with van der Waals surface area (Å²) in [5.41, 5.74) is 7.11. The van der Waals surface area contributed by atoms with Crippen molar-refractivity contribution in [2.24, 2.45) is 5.73 Å². The highest BCUT2D eigenvalue weighted by molar-refractivity contribution is 6.34. The third-order valence-electron chi connectivity index (χ3n) is 5.03. The second-order valence-corrected chi connectivity index (χ2v) is 7.38. The molecule has 29 heavy (non-hydrogen) atoms. The lowest BCUT2D eigenvalue weighted by Gasteiger charge is -2.30. The van der Waals surface area contributed by atoms with Gasteiger partial charge in [0, 0.05) is 23.8 Å². The van der Waals surface area contributed by atoms with E-state index < -0.39 is 11.8 Å². The first-order valence-electron chi connectivity index (χ1n) is 9.63. The maximum atomic E-state index is 12.8. The number of hydrogen-bond acceptors (Lipinski definition) is 4. The molecule has 1 aliphatic carbocycles. The average Bonchev–Trinajstić information content (AvgIpc) is 2.70. The molecule has 8 heteroatoms. The summed E-state index contributed by atoms with van der Waals surface area (Å²) in [5.74, 6) is -0.639. The molecule has 0 bridgehead atoms. The van der Waals surface area contributed by atoms with Crippen LogP contribution in [0.15, 0.2) is 35.4 Å². The van der Waals surface area contributed by atoms with E-state index in [-0.39, 0.29) is 17.5 Å². The lowest BCUT2D eigenvalue weighted by atomic mass is 9.90. The maximum Gasteiger partial charge on any atom is 0.265 e. The Kier molecular flexibility index (Phi) is 6.59. The molecule has 0 saturated heterocycles. The number of carbonyl (C=O) groups excluding carboxylic acids is 3. The van der Waals surface area contributed by atoms with Crippen molar-refractivity contribution in [2.45, 2.75) is 39.0 Å². The van der Waals surface area contributed by atoms with E-state index in [1.54, 1.807) is 17.0 Å². The van der Waals surface area contributed by atoms with Crippen molar-refractivity contribution in [3.63, 3.8) is 0 Å². The first-order valence-corrected chi connectivity index (χ1v) is 10.0. The third kappa shape index (κ3) is 4.62. The van der Waals surface area contributed by atoms with Crippen LogP contribution in [0.3, 0.4) is 0 Å². The molecule has 0 spiro atoms. The standard InChI is InChI=1S/C21H24ClN3O4/c1-2-3-6-9-25-17-11-16(15(22)10-18(17)29-12-19(25)26)24-21(28)14-8-5-4-7-13(14)20(23)27/h2-3,10-11H,4-9,12H2,1H3,(H2,23,27)(H,24,28)/b3-2+. The zero-order valence-corrected chi connectivity index (χ0v) is 17.1. The molecule has 154 valence electrons. The molecular weight excluding hydrogens is 394 g/mol. The number of ether oxygens (including phenoxy) is 1. The number of nitrogens with two attached hydrogens (primary N) is 1. The highest BCUT2D eigenvalue weighted by Crippen LogP contribution is 2.39. The fraction of sp³-hybridized carbons (Fsp3) is 0.381. The van der Waals surface area contributed by atoms with Crippen LogP contribution in [0.2, 0.25) is 5.02 Å². The number of allylic oxidation sites excluding steroid dienone is 1. The topological polar surface area (TPSA) is 102 Å². The van der Waals surface area contributed by atoms with Crippen LogP contribution in [0.5, 0.6) is 5.75 Å². The Hall–Kier alpha value is -2.80. The van der Waals surface area contributed by atoms with Gasteiger partial charge in [-0.1, -0.05) is 23.8 Å². The molecule has 3 N–H and O–H groups in total. The summed E-state index contributed by atoms with van der Waals surface area (Å²) in [4.78, 5) is 38.4. The minimum atomic E-state index is -0.569. The van der Waals surface area contributed by atoms with Crippen LogP contribution < -0.4 is 20.7 Å². The van der Waals surface area contributed by atoms with Crippen molar-refractivity contribution in [1.82, 2.24) is 0 Å². The van der Waals surface area contributed by atoms with E-state index in [1.165, 1.54) is 0 Å². The largest absolute Gasteiger partial charge is 0.482 e. The molecule has 2 aliphatic rings. The highest BCUT2D eigenvalue weighted by atomic mass is 35.5. The zero-order valence-electron chi connectivity index (χ0n) is 16.3. The van der Waals surface area contributed by atoms with E-state index >= 15 is 0 Å². The summed E-state index contributed by atoms with van der Waals surface area (Å²) in [7, 11) is 0. The molecule has 0 unspecified atom stereocenters. The van der Waals surface area contributed by atoms with Gasteiger partial charge in [-0.3, -0.25) is 14.4 Å². The Bertz CT molecular complexity index is 907. The number of nitrogens with zero attached hydrogens (tertiary/aromatic N) is 1. The third-order valence-corrected chi connectivity index (χ3v) is 5.35. The number of amides is 3. The van der Waals surface area contributed by atoms with Crippen LogP contribution in [-0.4, -0.2) is 30.9 Å². The van der Waals surface area contributed by atoms with Crippen molar-refractivity contribution in [3.8, 4) is 5.75 Å². The van der Waals surface area contributed by atoms with E-state index in [0.717, 1.165) is 12.8 Å². The summed E-state index contributed by atoms with van der Waals surface area (Å²) in [5, 5.41) is 3.06. The first-order chi connectivity index (χ1) is 13.9. The van der Waals surface area contributed by atoms with Crippen molar-refractivity contribution < 1.29 is 19.1 Å². The van der Waals surface area contributed by atoms with Gasteiger partial charge < -0.3 is 20.7 Å². The second kappa shape index (κ2) is 9.13. The number of fused-ring (bicyclic) bond motifs is 1. The average molecular weight is 418 g/mol. The number of nitrogens with one attached hydrogen (secondary N) is 1. The van der Waals surface area contributed by atoms with Crippen molar-refractivity contribution in [3.05, 3.63) is 40.5 Å². The molecule has 0 saturated carbocycles. The van der Waals surface area contributed by atoms with E-state index in [9.17, 15) is 14.4 Å². The Labute approximate surface area is 174 Å². The van der Waals surface area contributed by atoms with Crippen LogP contribution in [-0.2, 0) is 14.4 Å². The van der Waals surface area contributed by atoms with E-state index in [1.807, 2.05) is 19.1 Å². The predicted octanol–water partition coefficient (Wildman–Crippen LogP) is 3.33. The molecule has 0 radical (unpaired) electrons. The van der Waals surface area contributed by atoms with Gasteiger partial charge >= 0.3 is 0 Å². The molecule has 7 nitrogen and oxygen atoms in total. The fourth-order valence-electron chi connectivity index (χ4n) is 3.56. The molecule has 0 atom stereocenters. The van der Waals surface area contributed by atoms with E-state index in [2.05, 4.69) is 5.32 Å². The molecule has 3 amide bonds. The smallest absolute Gasteiger partial charge is 0.265 e. The van der Waals surface area contributed by atoms with E-state index in [4.69, 9.17) is 22.1 Å². The summed E-state index contributed by atoms with van der Waals surface area (Å²) < 4.78 is 5.50. The molecular formula is C21H24ClN3O4. The number of carbonyl (C=O) groups is 3. The van der Waals surface area contributed by atoms with Gasteiger partial charge in [-0.25, -0.2) is 0 Å². The Balaban J connectivity index is 1.90. The highest BCUT2D eigenvalue weighted by Gasteiger charge is 2.28. The van der Waals surface area contributed by atoms with Crippen LogP contribution in [0, 0.1) is 0 Å². The second-order valence-electron chi connectivity index (χ2n) is 6.97. The van der Waals surface area contributed by atoms with Gasteiger partial charge in [0.25, 0.3) is 11.8 Å². The number of benzene rings is 1. The molecule has 0 fully saturated rings. The number of rotatable bonds is 6. The molecule has 1 aliphatic heterocycles. The quantitative estimate of drug-likeness (QED) is 0.693. The minimum absolute atomic E-state index is 0.0558. The molecule has 1 aromatic rings. The van der Waals surface area contributed by atoms with Crippen molar-refractivity contribution in [2.75, 3.05) is 23.4 Å².